The van der Waals surface area contributed by atoms with E-state index < -0.39 is 0 Å². The number of nitrogens with zero attached hydrogens (tertiary/aromatic N) is 2. The number of nitrogens with one attached hydrogen (secondary N) is 1. The Kier molecular flexibility index (Phi) is 6.20. The maximum Gasteiger partial charge on any atom is 0.249 e. The lowest BCUT2D eigenvalue weighted by Gasteiger charge is -2.29. The first-order valence-corrected chi connectivity index (χ1v) is 9.01. The zero-order chi connectivity index (χ0) is 16.8. The summed E-state index contributed by atoms with van der Waals surface area (Å²) in [5.41, 5.74) is 0. The van der Waals surface area contributed by atoms with Crippen molar-refractivity contribution in [3.8, 4) is 0 Å². The number of aromatic nitrogens is 2. The Bertz CT molecular complexity index is 522. The molecule has 1 saturated carbocycles. The monoisotopic (exact) mass is 337 g/mol. The minimum absolute atomic E-state index is 0.0947. The van der Waals surface area contributed by atoms with Crippen molar-refractivity contribution in [1.29, 1.82) is 0 Å². The second-order valence-corrected chi connectivity index (χ2v) is 6.75. The highest BCUT2D eigenvalue weighted by Crippen LogP contribution is 2.29. The molecule has 134 valence electrons. The molecule has 0 radical (unpaired) electrons. The molecule has 1 aromatic rings. The van der Waals surface area contributed by atoms with Crippen LogP contribution in [0.1, 0.15) is 62.7 Å². The fourth-order valence-corrected chi connectivity index (χ4v) is 3.51. The van der Waals surface area contributed by atoms with Gasteiger partial charge in [0.1, 0.15) is 12.6 Å². The number of aryl methyl sites for hydroxylation is 1. The van der Waals surface area contributed by atoms with Gasteiger partial charge < -0.3 is 19.3 Å². The summed E-state index contributed by atoms with van der Waals surface area (Å²) in [6.45, 7) is 3.27. The van der Waals surface area contributed by atoms with Crippen molar-refractivity contribution < 1.29 is 18.8 Å². The molecule has 7 nitrogen and oxygen atoms in total. The molecule has 2 fully saturated rings. The van der Waals surface area contributed by atoms with Crippen LogP contribution in [-0.4, -0.2) is 42.0 Å². The van der Waals surface area contributed by atoms with Crippen molar-refractivity contribution >= 4 is 5.91 Å². The zero-order valence-electron chi connectivity index (χ0n) is 14.3. The molecule has 1 aliphatic carbocycles. The zero-order valence-corrected chi connectivity index (χ0v) is 14.3. The molecule has 0 bridgehead atoms. The first-order chi connectivity index (χ1) is 11.7. The van der Waals surface area contributed by atoms with Gasteiger partial charge in [-0.1, -0.05) is 24.4 Å². The third kappa shape index (κ3) is 4.77. The summed E-state index contributed by atoms with van der Waals surface area (Å²) in [5.74, 6) is 1.19. The minimum Gasteiger partial charge on any atom is -0.381 e. The second-order valence-electron chi connectivity index (χ2n) is 6.75. The molecular formula is C17H27N3O4. The Labute approximate surface area is 142 Å². The molecule has 1 aliphatic heterocycles. The number of rotatable bonds is 6. The molecule has 2 aliphatic rings. The van der Waals surface area contributed by atoms with Crippen molar-refractivity contribution in [3.63, 3.8) is 0 Å². The minimum atomic E-state index is -0.266. The fraction of sp³-hybridized carbons (Fsp3) is 0.824. The van der Waals surface area contributed by atoms with E-state index in [2.05, 4.69) is 15.5 Å². The number of hydrogen-bond donors (Lipinski definition) is 1. The van der Waals surface area contributed by atoms with Gasteiger partial charge in [-0.25, -0.2) is 0 Å². The normalized spacial score (nSPS) is 21.5. The van der Waals surface area contributed by atoms with E-state index in [1.807, 2.05) is 0 Å². The number of ether oxygens (including phenoxy) is 2. The van der Waals surface area contributed by atoms with Gasteiger partial charge in [-0.2, -0.15) is 4.98 Å². The first-order valence-electron chi connectivity index (χ1n) is 9.01. The lowest BCUT2D eigenvalue weighted by Crippen LogP contribution is -2.38. The average Bonchev–Trinajstić information content (AvgIpc) is 3.05. The highest BCUT2D eigenvalue weighted by atomic mass is 16.5. The van der Waals surface area contributed by atoms with Crippen LogP contribution >= 0.6 is 0 Å². The first kappa shape index (κ1) is 17.4. The number of hydrogen-bond acceptors (Lipinski definition) is 6. The number of carbonyl (C=O) groups excluding carboxylic acids is 1. The molecule has 0 spiro atoms. The maximum atomic E-state index is 12.4. The summed E-state index contributed by atoms with van der Waals surface area (Å²) < 4.78 is 16.5. The van der Waals surface area contributed by atoms with E-state index in [9.17, 15) is 4.79 Å². The van der Waals surface area contributed by atoms with Gasteiger partial charge in [0.25, 0.3) is 0 Å². The molecule has 7 heteroatoms. The van der Waals surface area contributed by atoms with Gasteiger partial charge in [-0.15, -0.1) is 0 Å². The van der Waals surface area contributed by atoms with Gasteiger partial charge in [-0.05, 0) is 38.5 Å². The van der Waals surface area contributed by atoms with Crippen molar-refractivity contribution in [2.45, 2.75) is 64.0 Å². The summed E-state index contributed by atoms with van der Waals surface area (Å²) in [7, 11) is 0. The summed E-state index contributed by atoms with van der Waals surface area (Å²) in [4.78, 5) is 16.7. The van der Waals surface area contributed by atoms with Crippen molar-refractivity contribution in [2.75, 3.05) is 19.8 Å². The third-order valence-electron chi connectivity index (χ3n) is 4.87. The van der Waals surface area contributed by atoms with E-state index in [4.69, 9.17) is 14.0 Å². The van der Waals surface area contributed by atoms with Crippen LogP contribution in [0.2, 0.25) is 0 Å². The molecular weight excluding hydrogens is 310 g/mol. The molecule has 24 heavy (non-hydrogen) atoms. The average molecular weight is 337 g/mol. The Morgan fingerprint density at radius 2 is 2.00 bits per heavy atom. The molecule has 2 heterocycles. The van der Waals surface area contributed by atoms with E-state index in [-0.39, 0.29) is 30.6 Å². The summed E-state index contributed by atoms with van der Waals surface area (Å²) >= 11 is 0. The summed E-state index contributed by atoms with van der Waals surface area (Å²) in [6.07, 6.45) is 7.73. The third-order valence-corrected chi connectivity index (χ3v) is 4.87. The largest absolute Gasteiger partial charge is 0.381 e. The molecule has 1 saturated heterocycles. The summed E-state index contributed by atoms with van der Waals surface area (Å²) in [5, 5.41) is 6.90. The van der Waals surface area contributed by atoms with Gasteiger partial charge in [0.05, 0.1) is 6.10 Å². The van der Waals surface area contributed by atoms with Crippen molar-refractivity contribution in [1.82, 2.24) is 15.5 Å². The molecule has 0 aromatic carbocycles. The van der Waals surface area contributed by atoms with E-state index >= 15 is 0 Å². The Hall–Kier alpha value is -1.47. The van der Waals surface area contributed by atoms with Crippen LogP contribution in [0.3, 0.4) is 0 Å². The number of carbonyl (C=O) groups is 1. The predicted octanol–water partition coefficient (Wildman–Crippen LogP) is 2.31. The van der Waals surface area contributed by atoms with Crippen LogP contribution in [-0.2, 0) is 14.3 Å². The molecule has 1 N–H and O–H groups in total. The van der Waals surface area contributed by atoms with Gasteiger partial charge in [0, 0.05) is 13.2 Å². The molecule has 1 atom stereocenters. The van der Waals surface area contributed by atoms with E-state index in [1.165, 1.54) is 19.3 Å². The Balaban J connectivity index is 1.57. The fourth-order valence-electron chi connectivity index (χ4n) is 3.51. The summed E-state index contributed by atoms with van der Waals surface area (Å²) in [6, 6.07) is -0.266. The molecule has 3 rings (SSSR count). The topological polar surface area (TPSA) is 86.5 Å². The molecule has 1 aromatic heterocycles. The molecule has 1 amide bonds. The van der Waals surface area contributed by atoms with E-state index in [1.54, 1.807) is 6.92 Å². The van der Waals surface area contributed by atoms with Crippen molar-refractivity contribution in [2.24, 2.45) is 5.92 Å². The Morgan fingerprint density at radius 3 is 2.67 bits per heavy atom. The van der Waals surface area contributed by atoms with Crippen LogP contribution < -0.4 is 5.32 Å². The maximum absolute atomic E-state index is 12.4. The quantitative estimate of drug-likeness (QED) is 0.857. The van der Waals surface area contributed by atoms with Crippen LogP contribution in [0.5, 0.6) is 0 Å². The Morgan fingerprint density at radius 1 is 1.25 bits per heavy atom. The SMILES string of the molecule is Cc1noc([C@@H](NC(=O)COC2CCCCC2)C2CCOCC2)n1. The van der Waals surface area contributed by atoms with Crippen LogP contribution in [0, 0.1) is 12.8 Å². The van der Waals surface area contributed by atoms with Crippen LogP contribution in [0.4, 0.5) is 0 Å². The smallest absolute Gasteiger partial charge is 0.249 e. The van der Waals surface area contributed by atoms with Crippen LogP contribution in [0.15, 0.2) is 4.52 Å². The van der Waals surface area contributed by atoms with Crippen LogP contribution in [0.25, 0.3) is 0 Å². The lowest BCUT2D eigenvalue weighted by atomic mass is 9.91. The number of amides is 1. The van der Waals surface area contributed by atoms with E-state index in [0.717, 1.165) is 25.7 Å². The standard InChI is InChI=1S/C17H27N3O4/c1-12-18-17(24-20-12)16(13-7-9-22-10-8-13)19-15(21)11-23-14-5-3-2-4-6-14/h13-14,16H,2-11H2,1H3,(H,19,21)/t16-/m0/s1. The highest BCUT2D eigenvalue weighted by molar-refractivity contribution is 5.77. The van der Waals surface area contributed by atoms with Gasteiger partial charge in [0.15, 0.2) is 5.82 Å². The van der Waals surface area contributed by atoms with E-state index in [0.29, 0.717) is 24.9 Å². The van der Waals surface area contributed by atoms with Crippen molar-refractivity contribution in [3.05, 3.63) is 11.7 Å². The molecule has 0 unspecified atom stereocenters. The van der Waals surface area contributed by atoms with Gasteiger partial charge in [0.2, 0.25) is 11.8 Å². The van der Waals surface area contributed by atoms with Gasteiger partial charge >= 0.3 is 0 Å². The highest BCUT2D eigenvalue weighted by Gasteiger charge is 2.31. The lowest BCUT2D eigenvalue weighted by molar-refractivity contribution is -0.130. The van der Waals surface area contributed by atoms with Gasteiger partial charge in [-0.3, -0.25) is 4.79 Å². The second kappa shape index (κ2) is 8.58. The predicted molar refractivity (Wildman–Crippen MR) is 86.3 cm³/mol.